The van der Waals surface area contributed by atoms with Gasteiger partial charge in [0.2, 0.25) is 0 Å². The Kier molecular flexibility index (Phi) is 5.00. The Hall–Kier alpha value is -1.03. The van der Waals surface area contributed by atoms with E-state index in [-0.39, 0.29) is 17.3 Å². The zero-order valence-corrected chi connectivity index (χ0v) is 11.6. The fourth-order valence-corrected chi connectivity index (χ4v) is 2.10. The third kappa shape index (κ3) is 4.04. The van der Waals surface area contributed by atoms with E-state index in [4.69, 9.17) is 11.6 Å². The van der Waals surface area contributed by atoms with Crippen LogP contribution < -0.4 is 5.32 Å². The third-order valence-electron chi connectivity index (χ3n) is 2.54. The molecular formula is C12H20ClN3O. The Morgan fingerprint density at radius 2 is 2.24 bits per heavy atom. The van der Waals surface area contributed by atoms with Crippen molar-refractivity contribution < 1.29 is 4.79 Å². The molecule has 0 aliphatic carbocycles. The van der Waals surface area contributed by atoms with Gasteiger partial charge in [-0.05, 0) is 26.7 Å². The maximum Gasteiger partial charge on any atom is 0.254 e. The molecule has 0 aromatic carbocycles. The monoisotopic (exact) mass is 257 g/mol. The lowest BCUT2D eigenvalue weighted by molar-refractivity contribution is 0.0937. The van der Waals surface area contributed by atoms with Crippen LogP contribution in [0.25, 0.3) is 0 Å². The molecule has 0 saturated heterocycles. The number of carbonyl (C=O) groups excluding carboxylic acids is 1. The Morgan fingerprint density at radius 3 is 2.76 bits per heavy atom. The fraction of sp³-hybridized carbons (Fsp3) is 0.667. The predicted molar refractivity (Wildman–Crippen MR) is 69.4 cm³/mol. The Bertz CT molecular complexity index is 387. The highest BCUT2D eigenvalue weighted by Crippen LogP contribution is 2.09. The second kappa shape index (κ2) is 6.05. The molecule has 0 aliphatic heterocycles. The number of rotatable bonds is 5. The summed E-state index contributed by atoms with van der Waals surface area (Å²) in [6, 6.07) is 0.0694. The van der Waals surface area contributed by atoms with Gasteiger partial charge in [-0.15, -0.1) is 11.6 Å². The van der Waals surface area contributed by atoms with Crippen LogP contribution in [-0.4, -0.2) is 27.1 Å². The van der Waals surface area contributed by atoms with Crippen LogP contribution in [0.4, 0.5) is 0 Å². The first-order valence-electron chi connectivity index (χ1n) is 5.91. The molecule has 1 aromatic rings. The molecule has 1 N–H and O–H groups in total. The molecule has 17 heavy (non-hydrogen) atoms. The minimum atomic E-state index is -0.0697. The van der Waals surface area contributed by atoms with Gasteiger partial charge in [0.25, 0.3) is 5.91 Å². The fourth-order valence-electron chi connectivity index (χ4n) is 1.83. The number of aromatic nitrogens is 2. The number of nitrogens with one attached hydrogen (secondary N) is 1. The lowest BCUT2D eigenvalue weighted by atomic mass is 10.1. The normalized spacial score (nSPS) is 14.4. The van der Waals surface area contributed by atoms with E-state index >= 15 is 0 Å². The van der Waals surface area contributed by atoms with Crippen LogP contribution in [0.15, 0.2) is 6.20 Å². The van der Waals surface area contributed by atoms with Crippen molar-refractivity contribution in [3.8, 4) is 0 Å². The summed E-state index contributed by atoms with van der Waals surface area (Å²) in [5.74, 6) is -0.0697. The molecule has 1 amide bonds. The van der Waals surface area contributed by atoms with Crippen LogP contribution in [0.5, 0.6) is 0 Å². The van der Waals surface area contributed by atoms with Crippen molar-refractivity contribution in [1.29, 1.82) is 0 Å². The molecule has 4 nitrogen and oxygen atoms in total. The van der Waals surface area contributed by atoms with E-state index in [1.807, 2.05) is 27.8 Å². The van der Waals surface area contributed by atoms with Crippen molar-refractivity contribution in [3.05, 3.63) is 17.5 Å². The van der Waals surface area contributed by atoms with Gasteiger partial charge in [0, 0.05) is 24.7 Å². The van der Waals surface area contributed by atoms with Gasteiger partial charge in [0.15, 0.2) is 0 Å². The van der Waals surface area contributed by atoms with Crippen LogP contribution in [0.2, 0.25) is 0 Å². The second-order valence-electron chi connectivity index (χ2n) is 4.41. The summed E-state index contributed by atoms with van der Waals surface area (Å²) in [4.78, 5) is 12.0. The summed E-state index contributed by atoms with van der Waals surface area (Å²) >= 11 is 5.90. The van der Waals surface area contributed by atoms with Crippen molar-refractivity contribution in [2.24, 2.45) is 7.05 Å². The van der Waals surface area contributed by atoms with Crippen LogP contribution in [0.3, 0.4) is 0 Å². The summed E-state index contributed by atoms with van der Waals surface area (Å²) in [6.45, 7) is 5.87. The quantitative estimate of drug-likeness (QED) is 0.822. The number of hydrogen-bond donors (Lipinski definition) is 1. The standard InChI is InChI=1S/C12H20ClN3O/c1-5-11-10(7-16(4)15-11)12(17)14-9(3)6-8(2)13/h7-9H,5-6H2,1-4H3,(H,14,17). The third-order valence-corrected chi connectivity index (χ3v) is 2.72. The minimum Gasteiger partial charge on any atom is -0.349 e. The highest BCUT2D eigenvalue weighted by molar-refractivity contribution is 6.20. The Balaban J connectivity index is 2.69. The Labute approximate surface area is 107 Å². The van der Waals surface area contributed by atoms with Crippen molar-refractivity contribution in [3.63, 3.8) is 0 Å². The van der Waals surface area contributed by atoms with Crippen molar-refractivity contribution >= 4 is 17.5 Å². The van der Waals surface area contributed by atoms with E-state index in [1.165, 1.54) is 0 Å². The van der Waals surface area contributed by atoms with Gasteiger partial charge in [-0.25, -0.2) is 0 Å². The molecule has 1 heterocycles. The summed E-state index contributed by atoms with van der Waals surface area (Å²) < 4.78 is 1.67. The highest BCUT2D eigenvalue weighted by Gasteiger charge is 2.16. The maximum absolute atomic E-state index is 12.0. The average molecular weight is 258 g/mol. The van der Waals surface area contributed by atoms with Gasteiger partial charge < -0.3 is 5.32 Å². The van der Waals surface area contributed by atoms with E-state index < -0.39 is 0 Å². The maximum atomic E-state index is 12.0. The molecule has 1 rings (SSSR count). The SMILES string of the molecule is CCc1nn(C)cc1C(=O)NC(C)CC(C)Cl. The van der Waals surface area contributed by atoms with Gasteiger partial charge in [0.1, 0.15) is 0 Å². The zero-order chi connectivity index (χ0) is 13.0. The first kappa shape index (κ1) is 14.0. The lowest BCUT2D eigenvalue weighted by Crippen LogP contribution is -2.34. The van der Waals surface area contributed by atoms with E-state index in [2.05, 4.69) is 10.4 Å². The molecule has 5 heteroatoms. The molecule has 0 spiro atoms. The lowest BCUT2D eigenvalue weighted by Gasteiger charge is -2.14. The van der Waals surface area contributed by atoms with E-state index in [0.29, 0.717) is 5.56 Å². The number of aryl methyl sites for hydroxylation is 2. The number of amides is 1. The van der Waals surface area contributed by atoms with Gasteiger partial charge in [-0.1, -0.05) is 6.92 Å². The van der Waals surface area contributed by atoms with E-state index in [1.54, 1.807) is 10.9 Å². The molecule has 0 fully saturated rings. The van der Waals surface area contributed by atoms with Gasteiger partial charge >= 0.3 is 0 Å². The number of hydrogen-bond acceptors (Lipinski definition) is 2. The van der Waals surface area contributed by atoms with Crippen LogP contribution in [0.1, 0.15) is 43.2 Å². The number of halogens is 1. The number of alkyl halides is 1. The van der Waals surface area contributed by atoms with Crippen molar-refractivity contribution in [2.75, 3.05) is 0 Å². The summed E-state index contributed by atoms with van der Waals surface area (Å²) in [7, 11) is 1.82. The van der Waals surface area contributed by atoms with Crippen LogP contribution in [-0.2, 0) is 13.5 Å². The molecule has 2 unspecified atom stereocenters. The highest BCUT2D eigenvalue weighted by atomic mass is 35.5. The van der Waals surface area contributed by atoms with Gasteiger partial charge in [0.05, 0.1) is 11.3 Å². The molecule has 0 aliphatic rings. The van der Waals surface area contributed by atoms with Crippen LogP contribution >= 0.6 is 11.6 Å². The average Bonchev–Trinajstić information content (AvgIpc) is 2.58. The van der Waals surface area contributed by atoms with Crippen molar-refractivity contribution in [1.82, 2.24) is 15.1 Å². The second-order valence-corrected chi connectivity index (χ2v) is 5.15. The van der Waals surface area contributed by atoms with E-state index in [0.717, 1.165) is 18.5 Å². The van der Waals surface area contributed by atoms with Crippen LogP contribution in [0, 0.1) is 0 Å². The van der Waals surface area contributed by atoms with Crippen molar-refractivity contribution in [2.45, 2.75) is 45.0 Å². The summed E-state index contributed by atoms with van der Waals surface area (Å²) in [6.07, 6.45) is 3.27. The summed E-state index contributed by atoms with van der Waals surface area (Å²) in [5, 5.41) is 7.25. The minimum absolute atomic E-state index is 0.0600. The number of nitrogens with zero attached hydrogens (tertiary/aromatic N) is 2. The van der Waals surface area contributed by atoms with Gasteiger partial charge in [-0.3, -0.25) is 9.48 Å². The molecule has 0 bridgehead atoms. The largest absolute Gasteiger partial charge is 0.349 e. The molecule has 96 valence electrons. The molecule has 0 saturated carbocycles. The zero-order valence-electron chi connectivity index (χ0n) is 10.8. The van der Waals surface area contributed by atoms with Gasteiger partial charge in [-0.2, -0.15) is 5.10 Å². The molecular weight excluding hydrogens is 238 g/mol. The molecule has 2 atom stereocenters. The first-order valence-corrected chi connectivity index (χ1v) is 6.35. The smallest absolute Gasteiger partial charge is 0.254 e. The molecule has 0 radical (unpaired) electrons. The summed E-state index contributed by atoms with van der Waals surface area (Å²) in [5.41, 5.74) is 1.49. The molecule has 1 aromatic heterocycles. The topological polar surface area (TPSA) is 46.9 Å². The number of carbonyl (C=O) groups is 1. The first-order chi connectivity index (χ1) is 7.93. The van der Waals surface area contributed by atoms with E-state index in [9.17, 15) is 4.79 Å². The predicted octanol–water partition coefficient (Wildman–Crippen LogP) is 2.12. The Morgan fingerprint density at radius 1 is 1.59 bits per heavy atom.